The maximum atomic E-state index is 5.87. The van der Waals surface area contributed by atoms with Crippen LogP contribution in [0.4, 0.5) is 0 Å². The SMILES string of the molecule is CC(C)C(CN)N1CCC(C(C)(C)C)C1. The molecule has 0 spiro atoms. The number of nitrogens with zero attached hydrogens (tertiary/aromatic N) is 1. The lowest BCUT2D eigenvalue weighted by Crippen LogP contribution is -2.43. The first-order valence-corrected chi connectivity index (χ1v) is 6.30. The fourth-order valence-electron chi connectivity index (χ4n) is 2.64. The Morgan fingerprint density at radius 1 is 1.33 bits per heavy atom. The highest BCUT2D eigenvalue weighted by atomic mass is 15.2. The van der Waals surface area contributed by atoms with Gasteiger partial charge in [-0.25, -0.2) is 0 Å². The topological polar surface area (TPSA) is 29.3 Å². The molecule has 1 aliphatic heterocycles. The van der Waals surface area contributed by atoms with Crippen molar-refractivity contribution in [2.45, 2.75) is 47.1 Å². The monoisotopic (exact) mass is 212 g/mol. The molecule has 1 saturated heterocycles. The Bertz CT molecular complexity index is 193. The minimum atomic E-state index is 0.449. The van der Waals surface area contributed by atoms with Crippen LogP contribution >= 0.6 is 0 Å². The summed E-state index contributed by atoms with van der Waals surface area (Å²) in [6.07, 6.45) is 1.34. The fourth-order valence-corrected chi connectivity index (χ4v) is 2.64. The van der Waals surface area contributed by atoms with E-state index < -0.39 is 0 Å². The first-order valence-electron chi connectivity index (χ1n) is 6.30. The van der Waals surface area contributed by atoms with Crippen LogP contribution in [-0.4, -0.2) is 30.6 Å². The Labute approximate surface area is 95.2 Å². The van der Waals surface area contributed by atoms with Crippen molar-refractivity contribution in [1.29, 1.82) is 0 Å². The molecular weight excluding hydrogens is 184 g/mol. The van der Waals surface area contributed by atoms with Gasteiger partial charge in [0.2, 0.25) is 0 Å². The van der Waals surface area contributed by atoms with E-state index in [0.717, 1.165) is 12.5 Å². The van der Waals surface area contributed by atoms with Crippen LogP contribution < -0.4 is 5.73 Å². The predicted molar refractivity (Wildman–Crippen MR) is 66.8 cm³/mol. The van der Waals surface area contributed by atoms with E-state index in [0.29, 0.717) is 17.4 Å². The third-order valence-corrected chi connectivity index (χ3v) is 3.92. The van der Waals surface area contributed by atoms with Crippen LogP contribution in [0.3, 0.4) is 0 Å². The molecule has 0 radical (unpaired) electrons. The zero-order chi connectivity index (χ0) is 11.6. The Kier molecular flexibility index (Phi) is 4.19. The van der Waals surface area contributed by atoms with E-state index >= 15 is 0 Å². The Hall–Kier alpha value is -0.0800. The molecule has 0 bridgehead atoms. The standard InChI is InChI=1S/C13H28N2/c1-10(2)12(8-14)15-7-6-11(9-15)13(3,4)5/h10-12H,6-9,14H2,1-5H3. The molecule has 2 heteroatoms. The summed E-state index contributed by atoms with van der Waals surface area (Å²) in [4.78, 5) is 2.60. The quantitative estimate of drug-likeness (QED) is 0.778. The van der Waals surface area contributed by atoms with Gasteiger partial charge in [0.25, 0.3) is 0 Å². The second-order valence-electron chi connectivity index (χ2n) is 6.39. The van der Waals surface area contributed by atoms with Crippen molar-refractivity contribution in [3.8, 4) is 0 Å². The van der Waals surface area contributed by atoms with Crippen LogP contribution in [-0.2, 0) is 0 Å². The molecule has 2 N–H and O–H groups in total. The number of likely N-dealkylation sites (tertiary alicyclic amines) is 1. The highest BCUT2D eigenvalue weighted by molar-refractivity contribution is 4.88. The summed E-state index contributed by atoms with van der Waals surface area (Å²) >= 11 is 0. The lowest BCUT2D eigenvalue weighted by molar-refractivity contribution is 0.167. The van der Waals surface area contributed by atoms with E-state index in [2.05, 4.69) is 39.5 Å². The van der Waals surface area contributed by atoms with E-state index in [1.165, 1.54) is 19.5 Å². The van der Waals surface area contributed by atoms with Crippen LogP contribution in [0.5, 0.6) is 0 Å². The number of hydrogen-bond donors (Lipinski definition) is 1. The highest BCUT2D eigenvalue weighted by Gasteiger charge is 2.34. The van der Waals surface area contributed by atoms with Crippen molar-refractivity contribution in [3.63, 3.8) is 0 Å². The second-order valence-corrected chi connectivity index (χ2v) is 6.39. The average Bonchev–Trinajstić information content (AvgIpc) is 2.52. The van der Waals surface area contributed by atoms with Gasteiger partial charge in [-0.05, 0) is 30.2 Å². The van der Waals surface area contributed by atoms with Crippen molar-refractivity contribution in [2.24, 2.45) is 23.0 Å². The van der Waals surface area contributed by atoms with Gasteiger partial charge >= 0.3 is 0 Å². The van der Waals surface area contributed by atoms with Gasteiger partial charge in [0.1, 0.15) is 0 Å². The summed E-state index contributed by atoms with van der Waals surface area (Å²) < 4.78 is 0. The molecule has 2 nitrogen and oxygen atoms in total. The number of rotatable bonds is 3. The van der Waals surface area contributed by atoms with Crippen LogP contribution in [0.1, 0.15) is 41.0 Å². The zero-order valence-electron chi connectivity index (χ0n) is 11.1. The van der Waals surface area contributed by atoms with E-state index in [4.69, 9.17) is 5.73 Å². The van der Waals surface area contributed by atoms with Crippen molar-refractivity contribution < 1.29 is 0 Å². The summed E-state index contributed by atoms with van der Waals surface area (Å²) in [6, 6.07) is 0.581. The molecule has 15 heavy (non-hydrogen) atoms. The summed E-state index contributed by atoms with van der Waals surface area (Å²) in [5, 5.41) is 0. The smallest absolute Gasteiger partial charge is 0.0241 e. The molecule has 1 fully saturated rings. The average molecular weight is 212 g/mol. The van der Waals surface area contributed by atoms with Gasteiger partial charge in [0, 0.05) is 19.1 Å². The molecular formula is C13H28N2. The van der Waals surface area contributed by atoms with Gasteiger partial charge < -0.3 is 5.73 Å². The first kappa shape index (κ1) is 13.0. The molecule has 90 valence electrons. The van der Waals surface area contributed by atoms with Crippen molar-refractivity contribution in [3.05, 3.63) is 0 Å². The molecule has 1 heterocycles. The summed E-state index contributed by atoms with van der Waals surface area (Å²) in [7, 11) is 0. The van der Waals surface area contributed by atoms with Gasteiger partial charge in [-0.1, -0.05) is 34.6 Å². The van der Waals surface area contributed by atoms with Crippen LogP contribution in [0.25, 0.3) is 0 Å². The van der Waals surface area contributed by atoms with E-state index in [1.807, 2.05) is 0 Å². The molecule has 1 aliphatic rings. The minimum absolute atomic E-state index is 0.449. The first-order chi connectivity index (χ1) is 6.86. The van der Waals surface area contributed by atoms with Crippen molar-refractivity contribution in [2.75, 3.05) is 19.6 Å². The molecule has 0 saturated carbocycles. The normalized spacial score (nSPS) is 26.2. The third kappa shape index (κ3) is 3.18. The van der Waals surface area contributed by atoms with Gasteiger partial charge in [-0.15, -0.1) is 0 Å². The van der Waals surface area contributed by atoms with Crippen LogP contribution in [0, 0.1) is 17.3 Å². The molecule has 0 aliphatic carbocycles. The summed E-state index contributed by atoms with van der Waals surface area (Å²) in [5.74, 6) is 1.51. The summed E-state index contributed by atoms with van der Waals surface area (Å²) in [5.41, 5.74) is 6.32. The number of hydrogen-bond acceptors (Lipinski definition) is 2. The lowest BCUT2D eigenvalue weighted by Gasteiger charge is -2.32. The van der Waals surface area contributed by atoms with Gasteiger partial charge in [0.05, 0.1) is 0 Å². The molecule has 0 aromatic heterocycles. The lowest BCUT2D eigenvalue weighted by atomic mass is 9.80. The van der Waals surface area contributed by atoms with Gasteiger partial charge in [-0.2, -0.15) is 0 Å². The molecule has 0 amide bonds. The Morgan fingerprint density at radius 2 is 1.93 bits per heavy atom. The molecule has 0 aromatic rings. The van der Waals surface area contributed by atoms with Crippen LogP contribution in [0.15, 0.2) is 0 Å². The largest absolute Gasteiger partial charge is 0.329 e. The highest BCUT2D eigenvalue weighted by Crippen LogP contribution is 2.34. The summed E-state index contributed by atoms with van der Waals surface area (Å²) in [6.45, 7) is 14.9. The maximum absolute atomic E-state index is 5.87. The van der Waals surface area contributed by atoms with Gasteiger partial charge in [-0.3, -0.25) is 4.90 Å². The maximum Gasteiger partial charge on any atom is 0.0241 e. The van der Waals surface area contributed by atoms with E-state index in [9.17, 15) is 0 Å². The Balaban J connectivity index is 2.55. The molecule has 2 unspecified atom stereocenters. The third-order valence-electron chi connectivity index (χ3n) is 3.92. The van der Waals surface area contributed by atoms with Crippen molar-refractivity contribution in [1.82, 2.24) is 4.90 Å². The fraction of sp³-hybridized carbons (Fsp3) is 1.00. The van der Waals surface area contributed by atoms with E-state index in [1.54, 1.807) is 0 Å². The van der Waals surface area contributed by atoms with Crippen LogP contribution in [0.2, 0.25) is 0 Å². The number of nitrogens with two attached hydrogens (primary N) is 1. The Morgan fingerprint density at radius 3 is 2.27 bits per heavy atom. The molecule has 1 rings (SSSR count). The zero-order valence-corrected chi connectivity index (χ0v) is 11.1. The minimum Gasteiger partial charge on any atom is -0.329 e. The van der Waals surface area contributed by atoms with Crippen molar-refractivity contribution >= 4 is 0 Å². The van der Waals surface area contributed by atoms with Gasteiger partial charge in [0.15, 0.2) is 0 Å². The molecule has 2 atom stereocenters. The second kappa shape index (κ2) is 4.84. The van der Waals surface area contributed by atoms with E-state index in [-0.39, 0.29) is 0 Å². The predicted octanol–water partition coefficient (Wildman–Crippen LogP) is 2.34. The molecule has 0 aromatic carbocycles.